The Morgan fingerprint density at radius 1 is 1.19 bits per heavy atom. The van der Waals surface area contributed by atoms with Crippen LogP contribution in [0.4, 0.5) is 5.69 Å². The van der Waals surface area contributed by atoms with E-state index >= 15 is 0 Å². The number of hydroxylamine groups is 1. The molecule has 106 valence electrons. The fourth-order valence-corrected chi connectivity index (χ4v) is 2.70. The van der Waals surface area contributed by atoms with Gasteiger partial charge in [-0.1, -0.05) is 36.4 Å². The summed E-state index contributed by atoms with van der Waals surface area (Å²) >= 11 is 0. The van der Waals surface area contributed by atoms with E-state index in [9.17, 15) is 5.11 Å². The van der Waals surface area contributed by atoms with E-state index in [2.05, 4.69) is 6.07 Å². The molecule has 0 aliphatic carbocycles. The summed E-state index contributed by atoms with van der Waals surface area (Å²) in [6.07, 6.45) is 0. The molecule has 2 atom stereocenters. The van der Waals surface area contributed by atoms with E-state index in [1.54, 1.807) is 17.2 Å². The van der Waals surface area contributed by atoms with E-state index in [1.165, 1.54) is 0 Å². The Hall–Kier alpha value is -2.35. The van der Waals surface area contributed by atoms with E-state index in [1.807, 2.05) is 42.5 Å². The quantitative estimate of drug-likeness (QED) is 0.939. The lowest BCUT2D eigenvalue weighted by molar-refractivity contribution is 0.141. The number of aliphatic hydroxyl groups excluding tert-OH is 1. The SMILES string of the molecule is N#Cc1cccc(N2OCC(CO)C2c2ccccc2)c1. The topological polar surface area (TPSA) is 56.5 Å². The summed E-state index contributed by atoms with van der Waals surface area (Å²) in [4.78, 5) is 5.77. The highest BCUT2D eigenvalue weighted by atomic mass is 16.7. The smallest absolute Gasteiger partial charge is 0.0992 e. The summed E-state index contributed by atoms with van der Waals surface area (Å²) in [6.45, 7) is 0.529. The molecule has 1 N–H and O–H groups in total. The highest BCUT2D eigenvalue weighted by molar-refractivity contribution is 5.52. The molecule has 2 aromatic rings. The highest BCUT2D eigenvalue weighted by Gasteiger charge is 2.36. The maximum Gasteiger partial charge on any atom is 0.0992 e. The van der Waals surface area contributed by atoms with Gasteiger partial charge in [0.15, 0.2) is 0 Å². The second kappa shape index (κ2) is 5.96. The number of rotatable bonds is 3. The molecule has 0 radical (unpaired) electrons. The number of anilines is 1. The molecule has 21 heavy (non-hydrogen) atoms. The number of hydrogen-bond acceptors (Lipinski definition) is 4. The van der Waals surface area contributed by atoms with Gasteiger partial charge < -0.3 is 5.11 Å². The molecule has 4 heteroatoms. The van der Waals surface area contributed by atoms with E-state index in [0.29, 0.717) is 12.2 Å². The number of nitrogens with zero attached hydrogens (tertiary/aromatic N) is 2. The zero-order valence-corrected chi connectivity index (χ0v) is 11.5. The predicted octanol–water partition coefficient (Wildman–Crippen LogP) is 2.66. The van der Waals surface area contributed by atoms with Gasteiger partial charge in [-0.3, -0.25) is 4.84 Å². The summed E-state index contributed by atoms with van der Waals surface area (Å²) in [5, 5.41) is 20.4. The fraction of sp³-hybridized carbons (Fsp3) is 0.235. The predicted molar refractivity (Wildman–Crippen MR) is 79.3 cm³/mol. The maximum absolute atomic E-state index is 9.60. The molecule has 3 rings (SSSR count). The molecular formula is C17H16N2O2. The average Bonchev–Trinajstić information content (AvgIpc) is 2.99. The zero-order chi connectivity index (χ0) is 14.7. The first-order chi connectivity index (χ1) is 10.3. The van der Waals surface area contributed by atoms with Crippen molar-refractivity contribution in [1.29, 1.82) is 5.26 Å². The summed E-state index contributed by atoms with van der Waals surface area (Å²) in [7, 11) is 0. The number of nitriles is 1. The Morgan fingerprint density at radius 3 is 2.71 bits per heavy atom. The molecule has 1 aliphatic heterocycles. The Labute approximate surface area is 123 Å². The van der Waals surface area contributed by atoms with Crippen molar-refractivity contribution in [3.63, 3.8) is 0 Å². The van der Waals surface area contributed by atoms with Crippen LogP contribution in [0.1, 0.15) is 17.2 Å². The van der Waals surface area contributed by atoms with Crippen LogP contribution in [0.5, 0.6) is 0 Å². The molecule has 0 bridgehead atoms. The van der Waals surface area contributed by atoms with E-state index in [0.717, 1.165) is 11.3 Å². The Bertz CT molecular complexity index is 651. The second-order valence-electron chi connectivity index (χ2n) is 5.08. The van der Waals surface area contributed by atoms with Crippen LogP contribution in [0.3, 0.4) is 0 Å². The first-order valence-corrected chi connectivity index (χ1v) is 6.91. The van der Waals surface area contributed by atoms with Crippen LogP contribution in [-0.4, -0.2) is 18.3 Å². The second-order valence-corrected chi connectivity index (χ2v) is 5.08. The van der Waals surface area contributed by atoms with Crippen LogP contribution in [0.25, 0.3) is 0 Å². The van der Waals surface area contributed by atoms with Crippen molar-refractivity contribution in [2.24, 2.45) is 5.92 Å². The van der Waals surface area contributed by atoms with Crippen LogP contribution in [0.2, 0.25) is 0 Å². The summed E-state index contributed by atoms with van der Waals surface area (Å²) in [5.74, 6) is 0.0122. The third kappa shape index (κ3) is 2.62. The largest absolute Gasteiger partial charge is 0.396 e. The molecule has 4 nitrogen and oxygen atoms in total. The normalized spacial score (nSPS) is 21.2. The van der Waals surface area contributed by atoms with Gasteiger partial charge in [0.1, 0.15) is 0 Å². The fourth-order valence-electron chi connectivity index (χ4n) is 2.70. The molecule has 1 saturated heterocycles. The summed E-state index contributed by atoms with van der Waals surface area (Å²) < 4.78 is 0. The van der Waals surface area contributed by atoms with Crippen molar-refractivity contribution < 1.29 is 9.94 Å². The number of aliphatic hydroxyl groups is 1. The Kier molecular flexibility index (Phi) is 3.87. The van der Waals surface area contributed by atoms with Crippen molar-refractivity contribution in [2.45, 2.75) is 6.04 Å². The molecule has 0 aromatic heterocycles. The van der Waals surface area contributed by atoms with Gasteiger partial charge in [-0.2, -0.15) is 5.26 Å². The minimum absolute atomic E-state index is 0.0122. The van der Waals surface area contributed by atoms with Crippen molar-refractivity contribution >= 4 is 5.69 Å². The van der Waals surface area contributed by atoms with E-state index < -0.39 is 0 Å². The van der Waals surface area contributed by atoms with Crippen molar-refractivity contribution in [3.05, 3.63) is 65.7 Å². The van der Waals surface area contributed by atoms with Gasteiger partial charge in [0.05, 0.1) is 36.6 Å². The zero-order valence-electron chi connectivity index (χ0n) is 11.5. The molecule has 2 aromatic carbocycles. The first-order valence-electron chi connectivity index (χ1n) is 6.91. The van der Waals surface area contributed by atoms with Crippen LogP contribution in [-0.2, 0) is 4.84 Å². The Morgan fingerprint density at radius 2 is 2.00 bits per heavy atom. The van der Waals surface area contributed by atoms with Crippen LogP contribution in [0, 0.1) is 17.2 Å². The molecule has 0 saturated carbocycles. The number of hydrogen-bond donors (Lipinski definition) is 1. The van der Waals surface area contributed by atoms with Gasteiger partial charge in [0.25, 0.3) is 0 Å². The lowest BCUT2D eigenvalue weighted by Gasteiger charge is -2.27. The van der Waals surface area contributed by atoms with Gasteiger partial charge in [0, 0.05) is 5.92 Å². The molecule has 0 amide bonds. The van der Waals surface area contributed by atoms with Gasteiger partial charge in [-0.15, -0.1) is 0 Å². The molecular weight excluding hydrogens is 264 g/mol. The molecule has 1 heterocycles. The van der Waals surface area contributed by atoms with Crippen molar-refractivity contribution in [2.75, 3.05) is 18.3 Å². The number of benzene rings is 2. The lowest BCUT2D eigenvalue weighted by Crippen LogP contribution is -2.25. The minimum Gasteiger partial charge on any atom is -0.396 e. The lowest BCUT2D eigenvalue weighted by atomic mass is 9.94. The average molecular weight is 280 g/mol. The summed E-state index contributed by atoms with van der Waals surface area (Å²) in [6, 6.07) is 19.4. The van der Waals surface area contributed by atoms with Gasteiger partial charge >= 0.3 is 0 Å². The van der Waals surface area contributed by atoms with Crippen LogP contribution in [0.15, 0.2) is 54.6 Å². The van der Waals surface area contributed by atoms with Crippen LogP contribution >= 0.6 is 0 Å². The maximum atomic E-state index is 9.60. The van der Waals surface area contributed by atoms with Gasteiger partial charge in [-0.05, 0) is 23.8 Å². The first kappa shape index (κ1) is 13.6. The van der Waals surface area contributed by atoms with Gasteiger partial charge in [-0.25, -0.2) is 5.06 Å². The summed E-state index contributed by atoms with van der Waals surface area (Å²) in [5.41, 5.74) is 2.52. The van der Waals surface area contributed by atoms with Gasteiger partial charge in [0.2, 0.25) is 0 Å². The molecule has 0 spiro atoms. The third-order valence-electron chi connectivity index (χ3n) is 3.73. The monoisotopic (exact) mass is 280 g/mol. The molecule has 2 unspecified atom stereocenters. The molecule has 1 aliphatic rings. The van der Waals surface area contributed by atoms with Crippen molar-refractivity contribution in [1.82, 2.24) is 0 Å². The standard InChI is InChI=1S/C17H16N2O2/c18-10-13-5-4-8-16(9-13)19-17(15(11-20)12-21-19)14-6-2-1-3-7-14/h1-9,15,17,20H,11-12H2. The van der Waals surface area contributed by atoms with E-state index in [4.69, 9.17) is 10.1 Å². The third-order valence-corrected chi connectivity index (χ3v) is 3.73. The highest BCUT2D eigenvalue weighted by Crippen LogP contribution is 2.38. The minimum atomic E-state index is -0.0508. The Balaban J connectivity index is 1.99. The van der Waals surface area contributed by atoms with Crippen LogP contribution < -0.4 is 5.06 Å². The van der Waals surface area contributed by atoms with Crippen molar-refractivity contribution in [3.8, 4) is 6.07 Å². The van der Waals surface area contributed by atoms with E-state index in [-0.39, 0.29) is 18.6 Å². The molecule has 1 fully saturated rings.